The zero-order valence-corrected chi connectivity index (χ0v) is 22.4. The van der Waals surface area contributed by atoms with E-state index in [0.717, 1.165) is 48.4 Å². The third kappa shape index (κ3) is 6.84. The van der Waals surface area contributed by atoms with Gasteiger partial charge in [0.1, 0.15) is 6.61 Å². The molecule has 1 fully saturated rings. The van der Waals surface area contributed by atoms with E-state index < -0.39 is 0 Å². The van der Waals surface area contributed by atoms with Crippen molar-refractivity contribution in [1.29, 1.82) is 0 Å². The normalized spacial score (nSPS) is 14.6. The maximum atomic E-state index is 13.2. The first-order valence-corrected chi connectivity index (χ1v) is 13.6. The summed E-state index contributed by atoms with van der Waals surface area (Å²) in [6.45, 7) is 6.45. The number of nitrogens with zero attached hydrogens (tertiary/aromatic N) is 2. The van der Waals surface area contributed by atoms with Crippen molar-refractivity contribution in [1.82, 2.24) is 10.2 Å². The minimum atomic E-state index is -0.169. The van der Waals surface area contributed by atoms with Gasteiger partial charge in [-0.3, -0.25) is 14.5 Å². The standard InChI is InChI=1S/C33H35N3O3/c1-25(30-16-8-12-27-11-5-6-15-31(27)30)34-33(38)28-13-7-14-29(23-28)36-21-19-35(20-22-36)18-17-32(37)39-24-26-9-3-2-4-10-26/h2-16,23,25H,17-22,24H2,1H3,(H,34,38). The lowest BCUT2D eigenvalue weighted by molar-refractivity contribution is -0.145. The van der Waals surface area contributed by atoms with Gasteiger partial charge >= 0.3 is 5.97 Å². The van der Waals surface area contributed by atoms with E-state index in [2.05, 4.69) is 45.4 Å². The van der Waals surface area contributed by atoms with Gasteiger partial charge in [-0.25, -0.2) is 0 Å². The van der Waals surface area contributed by atoms with Crippen molar-refractivity contribution < 1.29 is 14.3 Å². The molecule has 0 radical (unpaired) electrons. The van der Waals surface area contributed by atoms with Gasteiger partial charge < -0.3 is 15.0 Å². The lowest BCUT2D eigenvalue weighted by Crippen LogP contribution is -2.47. The molecule has 4 aromatic rings. The van der Waals surface area contributed by atoms with Crippen molar-refractivity contribution in [2.24, 2.45) is 0 Å². The quantitative estimate of drug-likeness (QED) is 0.291. The summed E-state index contributed by atoms with van der Waals surface area (Å²) in [6.07, 6.45) is 0.386. The molecule has 1 N–H and O–H groups in total. The summed E-state index contributed by atoms with van der Waals surface area (Å²) in [5, 5.41) is 5.50. The van der Waals surface area contributed by atoms with Crippen molar-refractivity contribution in [3.8, 4) is 0 Å². The Morgan fingerprint density at radius 2 is 1.56 bits per heavy atom. The highest BCUT2D eigenvalue weighted by atomic mass is 16.5. The van der Waals surface area contributed by atoms with Crippen LogP contribution in [0.2, 0.25) is 0 Å². The molecular weight excluding hydrogens is 486 g/mol. The first-order valence-electron chi connectivity index (χ1n) is 13.6. The summed E-state index contributed by atoms with van der Waals surface area (Å²) < 4.78 is 5.41. The third-order valence-corrected chi connectivity index (χ3v) is 7.36. The second kappa shape index (κ2) is 12.6. The molecule has 1 aliphatic rings. The summed E-state index contributed by atoms with van der Waals surface area (Å²) in [6, 6.07) is 31.9. The Kier molecular flexibility index (Phi) is 8.54. The SMILES string of the molecule is CC(NC(=O)c1cccc(N2CCN(CCC(=O)OCc3ccccc3)CC2)c1)c1cccc2ccccc12. The van der Waals surface area contributed by atoms with Crippen LogP contribution in [0.4, 0.5) is 5.69 Å². The Balaban J connectivity index is 1.11. The van der Waals surface area contributed by atoms with Crippen LogP contribution in [-0.2, 0) is 16.1 Å². The molecule has 1 amide bonds. The summed E-state index contributed by atoms with van der Waals surface area (Å²) in [7, 11) is 0. The van der Waals surface area contributed by atoms with Crippen LogP contribution >= 0.6 is 0 Å². The first-order chi connectivity index (χ1) is 19.1. The summed E-state index contributed by atoms with van der Waals surface area (Å²) in [4.78, 5) is 29.9. The highest BCUT2D eigenvalue weighted by Crippen LogP contribution is 2.25. The molecule has 1 atom stereocenters. The van der Waals surface area contributed by atoms with Gasteiger partial charge in [0.15, 0.2) is 0 Å². The van der Waals surface area contributed by atoms with Gasteiger partial charge in [-0.15, -0.1) is 0 Å². The molecule has 4 aromatic carbocycles. The first kappa shape index (κ1) is 26.4. The summed E-state index contributed by atoms with van der Waals surface area (Å²) in [5.74, 6) is -0.248. The minimum absolute atomic E-state index is 0.0788. The molecule has 200 valence electrons. The average Bonchev–Trinajstić information content (AvgIpc) is 2.99. The molecule has 6 nitrogen and oxygen atoms in total. The number of nitrogens with one attached hydrogen (secondary N) is 1. The molecule has 5 rings (SSSR count). The molecule has 0 bridgehead atoms. The number of carbonyl (C=O) groups excluding carboxylic acids is 2. The minimum Gasteiger partial charge on any atom is -0.461 e. The maximum absolute atomic E-state index is 13.2. The zero-order valence-electron chi connectivity index (χ0n) is 22.4. The average molecular weight is 522 g/mol. The Morgan fingerprint density at radius 1 is 0.846 bits per heavy atom. The highest BCUT2D eigenvalue weighted by Gasteiger charge is 2.20. The lowest BCUT2D eigenvalue weighted by atomic mass is 9.99. The molecule has 39 heavy (non-hydrogen) atoms. The van der Waals surface area contributed by atoms with Crippen molar-refractivity contribution >= 4 is 28.3 Å². The van der Waals surface area contributed by atoms with Gasteiger partial charge in [0.05, 0.1) is 12.5 Å². The van der Waals surface area contributed by atoms with Crippen molar-refractivity contribution in [3.63, 3.8) is 0 Å². The fourth-order valence-electron chi connectivity index (χ4n) is 5.12. The molecule has 1 saturated heterocycles. The molecule has 0 spiro atoms. The van der Waals surface area contributed by atoms with Crippen LogP contribution < -0.4 is 10.2 Å². The van der Waals surface area contributed by atoms with Crippen molar-refractivity contribution in [2.75, 3.05) is 37.6 Å². The number of fused-ring (bicyclic) bond motifs is 1. The summed E-state index contributed by atoms with van der Waals surface area (Å²) in [5.41, 5.74) is 3.81. The second-order valence-corrected chi connectivity index (χ2v) is 10.0. The number of benzene rings is 4. The maximum Gasteiger partial charge on any atom is 0.307 e. The molecule has 0 saturated carbocycles. The fraction of sp³-hybridized carbons (Fsp3) is 0.273. The van der Waals surface area contributed by atoms with E-state index in [4.69, 9.17) is 4.74 Å². The largest absolute Gasteiger partial charge is 0.461 e. The molecule has 1 aliphatic heterocycles. The number of anilines is 1. The lowest BCUT2D eigenvalue weighted by Gasteiger charge is -2.36. The van der Waals surface area contributed by atoms with E-state index in [0.29, 0.717) is 25.1 Å². The molecule has 0 aromatic heterocycles. The van der Waals surface area contributed by atoms with Crippen LogP contribution in [0.15, 0.2) is 97.1 Å². The molecule has 6 heteroatoms. The molecule has 0 aliphatic carbocycles. The number of amides is 1. The van der Waals surface area contributed by atoms with Gasteiger partial charge in [0.25, 0.3) is 5.91 Å². The van der Waals surface area contributed by atoms with Crippen LogP contribution in [0.3, 0.4) is 0 Å². The fourth-order valence-corrected chi connectivity index (χ4v) is 5.12. The Bertz CT molecular complexity index is 1410. The van der Waals surface area contributed by atoms with E-state index in [-0.39, 0.29) is 17.9 Å². The van der Waals surface area contributed by atoms with E-state index in [9.17, 15) is 9.59 Å². The van der Waals surface area contributed by atoms with Crippen LogP contribution in [0.25, 0.3) is 10.8 Å². The molecular formula is C33H35N3O3. The van der Waals surface area contributed by atoms with Gasteiger partial charge in [-0.05, 0) is 47.0 Å². The number of hydrogen-bond acceptors (Lipinski definition) is 5. The molecule has 1 unspecified atom stereocenters. The predicted octanol–water partition coefficient (Wildman–Crippen LogP) is 5.59. The Morgan fingerprint density at radius 3 is 2.38 bits per heavy atom. The van der Waals surface area contributed by atoms with E-state index in [1.807, 2.05) is 73.7 Å². The zero-order chi connectivity index (χ0) is 27.0. The number of esters is 1. The van der Waals surface area contributed by atoms with E-state index >= 15 is 0 Å². The topological polar surface area (TPSA) is 61.9 Å². The number of rotatable bonds is 9. The number of hydrogen-bond donors (Lipinski definition) is 1. The predicted molar refractivity (Wildman–Crippen MR) is 156 cm³/mol. The second-order valence-electron chi connectivity index (χ2n) is 10.0. The number of ether oxygens (including phenoxy) is 1. The van der Waals surface area contributed by atoms with Crippen LogP contribution in [0.5, 0.6) is 0 Å². The number of carbonyl (C=O) groups is 2. The smallest absolute Gasteiger partial charge is 0.307 e. The van der Waals surface area contributed by atoms with Crippen molar-refractivity contribution in [2.45, 2.75) is 26.0 Å². The van der Waals surface area contributed by atoms with Crippen molar-refractivity contribution in [3.05, 3.63) is 114 Å². The van der Waals surface area contributed by atoms with Crippen LogP contribution in [0.1, 0.15) is 40.9 Å². The van der Waals surface area contributed by atoms with Crippen LogP contribution in [0, 0.1) is 0 Å². The summed E-state index contributed by atoms with van der Waals surface area (Å²) >= 11 is 0. The highest BCUT2D eigenvalue weighted by molar-refractivity contribution is 5.96. The number of piperazine rings is 1. The molecule has 1 heterocycles. The van der Waals surface area contributed by atoms with E-state index in [1.54, 1.807) is 0 Å². The van der Waals surface area contributed by atoms with E-state index in [1.165, 1.54) is 5.39 Å². The third-order valence-electron chi connectivity index (χ3n) is 7.36. The Hall–Kier alpha value is -4.16. The van der Waals surface area contributed by atoms with Gasteiger partial charge in [-0.1, -0.05) is 78.9 Å². The van der Waals surface area contributed by atoms with Gasteiger partial charge in [-0.2, -0.15) is 0 Å². The van der Waals surface area contributed by atoms with Crippen LogP contribution in [-0.4, -0.2) is 49.5 Å². The van der Waals surface area contributed by atoms with Gasteiger partial charge in [0, 0.05) is 44.0 Å². The Labute approximate surface area is 230 Å². The van der Waals surface area contributed by atoms with Gasteiger partial charge in [0.2, 0.25) is 0 Å². The monoisotopic (exact) mass is 521 g/mol.